The van der Waals surface area contributed by atoms with Crippen LogP contribution >= 0.6 is 11.3 Å². The maximum Gasteiger partial charge on any atom is 0.261 e. The average Bonchev–Trinajstić information content (AvgIpc) is 3.53. The van der Waals surface area contributed by atoms with E-state index in [-0.39, 0.29) is 15.7 Å². The van der Waals surface area contributed by atoms with Gasteiger partial charge in [0.25, 0.3) is 5.91 Å². The summed E-state index contributed by atoms with van der Waals surface area (Å²) < 4.78 is 27.2. The summed E-state index contributed by atoms with van der Waals surface area (Å²) >= 11 is 1.39. The number of rotatable bonds is 6. The van der Waals surface area contributed by atoms with Crippen molar-refractivity contribution in [1.82, 2.24) is 15.3 Å². The van der Waals surface area contributed by atoms with Crippen molar-refractivity contribution in [3.63, 3.8) is 0 Å². The summed E-state index contributed by atoms with van der Waals surface area (Å²) in [4.78, 5) is 23.9. The van der Waals surface area contributed by atoms with E-state index in [9.17, 15) is 13.2 Å². The highest BCUT2D eigenvalue weighted by atomic mass is 32.2. The highest BCUT2D eigenvalue weighted by molar-refractivity contribution is 7.91. The van der Waals surface area contributed by atoms with E-state index in [1.54, 1.807) is 48.9 Å². The number of nitrogens with one attached hydrogen (secondary N) is 1. The summed E-state index contributed by atoms with van der Waals surface area (Å²) in [6, 6.07) is 12.0. The van der Waals surface area contributed by atoms with Gasteiger partial charge in [0.05, 0.1) is 31.3 Å². The number of amides is 1. The SMILES string of the molecule is O=C(NCc1ccc(S(=O)(=O)c2cncc(N3CCCC3)c2)cc1)c1cc2ccncc2s1. The van der Waals surface area contributed by atoms with Gasteiger partial charge in [-0.3, -0.25) is 14.8 Å². The number of sulfone groups is 1. The third kappa shape index (κ3) is 4.46. The van der Waals surface area contributed by atoms with Crippen LogP contribution in [0.5, 0.6) is 0 Å². The predicted molar refractivity (Wildman–Crippen MR) is 128 cm³/mol. The molecular formula is C24H22N4O3S2. The van der Waals surface area contributed by atoms with E-state index in [0.717, 1.165) is 47.3 Å². The molecule has 33 heavy (non-hydrogen) atoms. The Morgan fingerprint density at radius 3 is 2.52 bits per heavy atom. The minimum atomic E-state index is -3.68. The molecule has 1 N–H and O–H groups in total. The third-order valence-electron chi connectivity index (χ3n) is 5.71. The van der Waals surface area contributed by atoms with E-state index in [2.05, 4.69) is 20.2 Å². The topological polar surface area (TPSA) is 92.3 Å². The van der Waals surface area contributed by atoms with Gasteiger partial charge in [-0.25, -0.2) is 8.42 Å². The van der Waals surface area contributed by atoms with Gasteiger partial charge in [-0.15, -0.1) is 11.3 Å². The summed E-state index contributed by atoms with van der Waals surface area (Å²) in [6.45, 7) is 2.14. The summed E-state index contributed by atoms with van der Waals surface area (Å²) in [6.07, 6.45) is 8.76. The number of nitrogens with zero attached hydrogens (tertiary/aromatic N) is 3. The predicted octanol–water partition coefficient (Wildman–Crippen LogP) is 4.05. The lowest BCUT2D eigenvalue weighted by Gasteiger charge is -2.17. The molecule has 0 aliphatic carbocycles. The van der Waals surface area contributed by atoms with E-state index in [4.69, 9.17) is 0 Å². The Kier molecular flexibility index (Phi) is 5.82. The van der Waals surface area contributed by atoms with Crippen LogP contribution in [0.3, 0.4) is 0 Å². The molecular weight excluding hydrogens is 456 g/mol. The Balaban J connectivity index is 1.28. The number of pyridine rings is 2. The molecule has 1 aliphatic rings. The number of anilines is 1. The van der Waals surface area contributed by atoms with Crippen molar-refractivity contribution in [1.29, 1.82) is 0 Å². The maximum absolute atomic E-state index is 13.1. The molecule has 168 valence electrons. The molecule has 7 nitrogen and oxygen atoms in total. The zero-order chi connectivity index (χ0) is 22.8. The van der Waals surface area contributed by atoms with Crippen LogP contribution < -0.4 is 10.2 Å². The van der Waals surface area contributed by atoms with E-state index in [1.807, 2.05) is 12.1 Å². The largest absolute Gasteiger partial charge is 0.370 e. The first-order chi connectivity index (χ1) is 16.0. The fourth-order valence-corrected chi connectivity index (χ4v) is 6.08. The van der Waals surface area contributed by atoms with Crippen LogP contribution in [0.2, 0.25) is 0 Å². The number of aromatic nitrogens is 2. The van der Waals surface area contributed by atoms with Crippen LogP contribution in [0, 0.1) is 0 Å². The third-order valence-corrected chi connectivity index (χ3v) is 8.53. The first kappa shape index (κ1) is 21.5. The van der Waals surface area contributed by atoms with Gasteiger partial charge in [-0.05, 0) is 54.1 Å². The molecule has 1 saturated heterocycles. The Morgan fingerprint density at radius 1 is 0.970 bits per heavy atom. The lowest BCUT2D eigenvalue weighted by molar-refractivity contribution is 0.0955. The van der Waals surface area contributed by atoms with Gasteiger partial charge < -0.3 is 10.2 Å². The van der Waals surface area contributed by atoms with Gasteiger partial charge in [0.2, 0.25) is 9.84 Å². The van der Waals surface area contributed by atoms with E-state index in [1.165, 1.54) is 17.5 Å². The van der Waals surface area contributed by atoms with Gasteiger partial charge in [0.15, 0.2) is 0 Å². The zero-order valence-electron chi connectivity index (χ0n) is 17.8. The summed E-state index contributed by atoms with van der Waals surface area (Å²) in [7, 11) is -3.68. The number of hydrogen-bond acceptors (Lipinski definition) is 7. The first-order valence-electron chi connectivity index (χ1n) is 10.7. The van der Waals surface area contributed by atoms with Gasteiger partial charge in [-0.2, -0.15) is 0 Å². The average molecular weight is 479 g/mol. The number of benzene rings is 1. The number of fused-ring (bicyclic) bond motifs is 1. The second-order valence-corrected chi connectivity index (χ2v) is 11.0. The highest BCUT2D eigenvalue weighted by Gasteiger charge is 2.21. The molecule has 0 radical (unpaired) electrons. The van der Waals surface area contributed by atoms with Crippen LogP contribution in [-0.2, 0) is 16.4 Å². The van der Waals surface area contributed by atoms with Crippen LogP contribution in [0.15, 0.2) is 77.0 Å². The van der Waals surface area contributed by atoms with Crippen molar-refractivity contribution in [2.75, 3.05) is 18.0 Å². The summed E-state index contributed by atoms with van der Waals surface area (Å²) in [5.41, 5.74) is 1.65. The van der Waals surface area contributed by atoms with Gasteiger partial charge in [-0.1, -0.05) is 12.1 Å². The number of carbonyl (C=O) groups is 1. The van der Waals surface area contributed by atoms with E-state index >= 15 is 0 Å². The van der Waals surface area contributed by atoms with Crippen LogP contribution in [0.25, 0.3) is 10.1 Å². The smallest absolute Gasteiger partial charge is 0.261 e. The highest BCUT2D eigenvalue weighted by Crippen LogP contribution is 2.27. The molecule has 0 spiro atoms. The molecule has 3 aromatic heterocycles. The molecule has 4 aromatic rings. The molecule has 1 aromatic carbocycles. The molecule has 0 unspecified atom stereocenters. The normalized spacial score (nSPS) is 14.0. The van der Waals surface area contributed by atoms with Crippen molar-refractivity contribution in [3.8, 4) is 0 Å². The first-order valence-corrected chi connectivity index (χ1v) is 13.0. The van der Waals surface area contributed by atoms with E-state index < -0.39 is 9.84 Å². The molecule has 4 heterocycles. The van der Waals surface area contributed by atoms with Crippen molar-refractivity contribution in [2.24, 2.45) is 0 Å². The van der Waals surface area contributed by atoms with Gasteiger partial charge >= 0.3 is 0 Å². The molecule has 1 amide bonds. The lowest BCUT2D eigenvalue weighted by atomic mass is 10.2. The van der Waals surface area contributed by atoms with Crippen molar-refractivity contribution in [2.45, 2.75) is 29.2 Å². The minimum absolute atomic E-state index is 0.169. The Hall–Kier alpha value is -3.30. The number of hydrogen-bond donors (Lipinski definition) is 1. The Morgan fingerprint density at radius 2 is 1.76 bits per heavy atom. The fourth-order valence-electron chi connectivity index (χ4n) is 3.89. The Bertz CT molecular complexity index is 1380. The monoisotopic (exact) mass is 478 g/mol. The second kappa shape index (κ2) is 8.92. The molecule has 9 heteroatoms. The van der Waals surface area contributed by atoms with Crippen molar-refractivity contribution >= 4 is 42.9 Å². The second-order valence-electron chi connectivity index (χ2n) is 7.93. The maximum atomic E-state index is 13.1. The molecule has 0 bridgehead atoms. The summed E-state index contributed by atoms with van der Waals surface area (Å²) in [5.74, 6) is -0.169. The molecule has 5 rings (SSSR count). The molecule has 0 atom stereocenters. The number of thiophene rings is 1. The van der Waals surface area contributed by atoms with Crippen LogP contribution in [0.1, 0.15) is 28.1 Å². The lowest BCUT2D eigenvalue weighted by Crippen LogP contribution is -2.21. The fraction of sp³-hybridized carbons (Fsp3) is 0.208. The number of carbonyl (C=O) groups excluding carboxylic acids is 1. The van der Waals surface area contributed by atoms with Gasteiger partial charge in [0, 0.05) is 38.2 Å². The standard InChI is InChI=1S/C24H22N4O3S2/c29-24(22-11-18-7-8-25-16-23(18)32-22)27-13-17-3-5-20(6-4-17)33(30,31)21-12-19(14-26-15-21)28-9-1-2-10-28/h3-8,11-12,14-16H,1-2,9-10,13H2,(H,27,29). The quantitative estimate of drug-likeness (QED) is 0.449. The van der Waals surface area contributed by atoms with Crippen LogP contribution in [0.4, 0.5) is 5.69 Å². The van der Waals surface area contributed by atoms with E-state index in [0.29, 0.717) is 11.4 Å². The van der Waals surface area contributed by atoms with Crippen molar-refractivity contribution in [3.05, 3.63) is 77.7 Å². The van der Waals surface area contributed by atoms with Crippen molar-refractivity contribution < 1.29 is 13.2 Å². The van der Waals surface area contributed by atoms with Crippen LogP contribution in [-0.4, -0.2) is 37.4 Å². The minimum Gasteiger partial charge on any atom is -0.370 e. The molecule has 1 fully saturated rings. The Labute approximate surface area is 196 Å². The zero-order valence-corrected chi connectivity index (χ0v) is 19.4. The molecule has 1 aliphatic heterocycles. The summed E-state index contributed by atoms with van der Waals surface area (Å²) in [5, 5.41) is 3.88. The molecule has 0 saturated carbocycles. The van der Waals surface area contributed by atoms with Gasteiger partial charge in [0.1, 0.15) is 0 Å².